The number of hydrogen-bond donors (Lipinski definition) is 0. The molecule has 2 heterocycles. The lowest BCUT2D eigenvalue weighted by Crippen LogP contribution is -2.16. The summed E-state index contributed by atoms with van der Waals surface area (Å²) in [6, 6.07) is 39.5. The summed E-state index contributed by atoms with van der Waals surface area (Å²) in [5, 5.41) is 23.9. The monoisotopic (exact) mass is 656 g/mol. The Morgan fingerprint density at radius 1 is 0.706 bits per heavy atom. The summed E-state index contributed by atoms with van der Waals surface area (Å²) in [4.78, 5) is 14.5. The average Bonchev–Trinajstić information content (AvgIpc) is 3.62. The van der Waals surface area contributed by atoms with E-state index in [0.717, 1.165) is 32.9 Å². The molecular weight excluding hydrogens is 625 g/mol. The molecule has 0 saturated heterocycles. The zero-order valence-electron chi connectivity index (χ0n) is 28.5. The van der Waals surface area contributed by atoms with Crippen LogP contribution in [0.5, 0.6) is 0 Å². The quantitative estimate of drug-likeness (QED) is 0.166. The minimum atomic E-state index is -0.302. The Morgan fingerprint density at radius 3 is 2.20 bits per heavy atom. The predicted octanol–water partition coefficient (Wildman–Crippen LogP) is 10.5. The number of allylic oxidation sites excluding steroid dienone is 5. The van der Waals surface area contributed by atoms with Crippen LogP contribution in [-0.2, 0) is 5.41 Å². The first kappa shape index (κ1) is 31.4. The van der Waals surface area contributed by atoms with Crippen molar-refractivity contribution in [3.8, 4) is 51.7 Å². The summed E-state index contributed by atoms with van der Waals surface area (Å²) in [5.74, 6) is 1.26. The molecule has 2 aromatic heterocycles. The second kappa shape index (κ2) is 12.2. The van der Waals surface area contributed by atoms with Crippen LogP contribution in [0.15, 0.2) is 134 Å². The van der Waals surface area contributed by atoms with Gasteiger partial charge in [-0.3, -0.25) is 0 Å². The first-order valence-electron chi connectivity index (χ1n) is 16.8. The molecule has 8 rings (SSSR count). The van der Waals surface area contributed by atoms with Crippen LogP contribution in [-0.4, -0.2) is 19.5 Å². The number of para-hydroxylation sites is 1. The minimum absolute atomic E-state index is 0.209. The lowest BCUT2D eigenvalue weighted by Gasteiger charge is -2.24. The Kier molecular flexibility index (Phi) is 7.52. The van der Waals surface area contributed by atoms with Crippen LogP contribution in [0.2, 0.25) is 0 Å². The van der Waals surface area contributed by atoms with E-state index in [0.29, 0.717) is 28.7 Å². The summed E-state index contributed by atoms with van der Waals surface area (Å²) in [6.45, 7) is 10.2. The molecule has 1 aliphatic rings. The average molecular weight is 657 g/mol. The van der Waals surface area contributed by atoms with Crippen molar-refractivity contribution in [1.29, 1.82) is 10.5 Å². The number of hydrogen-bond acceptors (Lipinski definition) is 5. The van der Waals surface area contributed by atoms with E-state index in [2.05, 4.69) is 85.7 Å². The van der Waals surface area contributed by atoms with E-state index in [9.17, 15) is 10.5 Å². The zero-order valence-corrected chi connectivity index (χ0v) is 28.5. The van der Waals surface area contributed by atoms with Gasteiger partial charge in [-0.15, -0.1) is 0 Å². The molecule has 5 aromatic carbocycles. The van der Waals surface area contributed by atoms with Crippen molar-refractivity contribution in [2.24, 2.45) is 0 Å². The van der Waals surface area contributed by atoms with Crippen LogP contribution in [0.3, 0.4) is 0 Å². The highest BCUT2D eigenvalue weighted by molar-refractivity contribution is 6.13. The Morgan fingerprint density at radius 2 is 1.41 bits per heavy atom. The molecule has 51 heavy (non-hydrogen) atoms. The molecule has 0 fully saturated rings. The molecule has 0 radical (unpaired) electrons. The van der Waals surface area contributed by atoms with E-state index >= 15 is 0 Å². The van der Waals surface area contributed by atoms with E-state index in [1.807, 2.05) is 79.7 Å². The van der Waals surface area contributed by atoms with Gasteiger partial charge in [-0.2, -0.15) is 10.5 Å². The Hall–Kier alpha value is -6.89. The van der Waals surface area contributed by atoms with Crippen molar-refractivity contribution in [2.75, 3.05) is 0 Å². The molecule has 0 bridgehead atoms. The van der Waals surface area contributed by atoms with E-state index in [4.69, 9.17) is 15.0 Å². The smallest absolute Gasteiger partial charge is 0.165 e. The molecule has 0 spiro atoms. The van der Waals surface area contributed by atoms with E-state index in [1.165, 1.54) is 22.3 Å². The highest BCUT2D eigenvalue weighted by atomic mass is 15.0. The van der Waals surface area contributed by atoms with Gasteiger partial charge in [0.05, 0.1) is 27.8 Å². The molecule has 7 aromatic rings. The maximum atomic E-state index is 10.9. The fraction of sp³-hybridized carbons (Fsp3) is 0.0889. The van der Waals surface area contributed by atoms with Crippen LogP contribution in [0.1, 0.15) is 48.8 Å². The first-order valence-corrected chi connectivity index (χ1v) is 16.8. The van der Waals surface area contributed by atoms with Gasteiger partial charge in [-0.05, 0) is 52.9 Å². The number of nitriles is 2. The maximum absolute atomic E-state index is 10.9. The van der Waals surface area contributed by atoms with Crippen molar-refractivity contribution < 1.29 is 0 Å². The fourth-order valence-corrected chi connectivity index (χ4v) is 7.50. The maximum Gasteiger partial charge on any atom is 0.165 e. The molecule has 6 nitrogen and oxygen atoms in total. The predicted molar refractivity (Wildman–Crippen MR) is 205 cm³/mol. The van der Waals surface area contributed by atoms with Gasteiger partial charge in [-0.1, -0.05) is 130 Å². The molecule has 0 N–H and O–H groups in total. The molecule has 242 valence electrons. The Labute approximate surface area is 296 Å². The third kappa shape index (κ3) is 4.89. The molecule has 0 atom stereocenters. The van der Waals surface area contributed by atoms with Gasteiger partial charge in [0.2, 0.25) is 0 Å². The SMILES string of the molecule is C=C/C=C\C=C(/C)c1nc(-c2ccccc2)nc(-c2ccc(-n3c4ccccc4c4ccc5c(c43)C(C)(C)c3ccccc3-5)c(C#N)c2C#N)n1. The number of nitrogens with zero attached hydrogens (tertiary/aromatic N) is 6. The Bertz CT molecular complexity index is 2710. The largest absolute Gasteiger partial charge is 0.308 e. The molecule has 0 amide bonds. The van der Waals surface area contributed by atoms with E-state index < -0.39 is 0 Å². The fourth-order valence-electron chi connectivity index (χ4n) is 7.50. The second-order valence-electron chi connectivity index (χ2n) is 13.2. The van der Waals surface area contributed by atoms with Crippen LogP contribution >= 0.6 is 0 Å². The normalized spacial score (nSPS) is 13.2. The Balaban J connectivity index is 1.41. The lowest BCUT2D eigenvalue weighted by atomic mass is 9.81. The number of fused-ring (bicyclic) bond motifs is 7. The molecular formula is C45H32N6. The van der Waals surface area contributed by atoms with Crippen molar-refractivity contribution in [3.05, 3.63) is 162 Å². The van der Waals surface area contributed by atoms with Gasteiger partial charge in [0.25, 0.3) is 0 Å². The highest BCUT2D eigenvalue weighted by Gasteiger charge is 2.38. The van der Waals surface area contributed by atoms with Gasteiger partial charge >= 0.3 is 0 Å². The standard InChI is InChI=1S/C45H32N6/c1-5-6-8-15-28(2)42-48-43(29-16-9-7-10-17-29)50-44(49-42)34-24-25-39(36(27-47)35(34)26-46)51-38-21-14-12-19-31(38)33-23-22-32-30-18-11-13-20-37(30)45(3,4)40(32)41(33)51/h5-25H,1H2,2-4H3/b8-6-,28-15+. The van der Waals surface area contributed by atoms with Gasteiger partial charge < -0.3 is 4.57 Å². The highest BCUT2D eigenvalue weighted by Crippen LogP contribution is 2.53. The third-order valence-corrected chi connectivity index (χ3v) is 9.85. The van der Waals surface area contributed by atoms with Crippen LogP contribution in [0, 0.1) is 22.7 Å². The molecule has 0 saturated carbocycles. The molecule has 0 aliphatic heterocycles. The molecule has 0 unspecified atom stereocenters. The molecule has 6 heteroatoms. The van der Waals surface area contributed by atoms with Crippen LogP contribution in [0.4, 0.5) is 0 Å². The number of benzene rings is 5. The third-order valence-electron chi connectivity index (χ3n) is 9.85. The first-order chi connectivity index (χ1) is 24.9. The van der Waals surface area contributed by atoms with E-state index in [1.54, 1.807) is 6.08 Å². The molecule has 1 aliphatic carbocycles. The number of rotatable bonds is 6. The zero-order chi connectivity index (χ0) is 35.3. The van der Waals surface area contributed by atoms with Crippen LogP contribution < -0.4 is 0 Å². The van der Waals surface area contributed by atoms with Gasteiger partial charge in [0, 0.05) is 27.3 Å². The lowest BCUT2D eigenvalue weighted by molar-refractivity contribution is 0.664. The topological polar surface area (TPSA) is 91.2 Å². The summed E-state index contributed by atoms with van der Waals surface area (Å²) in [5.41, 5.74) is 9.75. The van der Waals surface area contributed by atoms with E-state index in [-0.39, 0.29) is 16.5 Å². The van der Waals surface area contributed by atoms with Crippen molar-refractivity contribution in [1.82, 2.24) is 19.5 Å². The van der Waals surface area contributed by atoms with Crippen molar-refractivity contribution in [3.63, 3.8) is 0 Å². The van der Waals surface area contributed by atoms with Crippen molar-refractivity contribution in [2.45, 2.75) is 26.2 Å². The summed E-state index contributed by atoms with van der Waals surface area (Å²) in [6.07, 6.45) is 7.32. The number of aromatic nitrogens is 4. The summed E-state index contributed by atoms with van der Waals surface area (Å²) >= 11 is 0. The second-order valence-corrected chi connectivity index (χ2v) is 13.2. The minimum Gasteiger partial charge on any atom is -0.308 e. The van der Waals surface area contributed by atoms with Gasteiger partial charge in [0.15, 0.2) is 17.5 Å². The van der Waals surface area contributed by atoms with Crippen molar-refractivity contribution >= 4 is 27.4 Å². The van der Waals surface area contributed by atoms with Gasteiger partial charge in [-0.25, -0.2) is 15.0 Å². The summed E-state index contributed by atoms with van der Waals surface area (Å²) in [7, 11) is 0. The summed E-state index contributed by atoms with van der Waals surface area (Å²) < 4.78 is 2.17. The van der Waals surface area contributed by atoms with Crippen LogP contribution in [0.25, 0.3) is 67.0 Å². The van der Waals surface area contributed by atoms with Gasteiger partial charge in [0.1, 0.15) is 12.1 Å².